The van der Waals surface area contributed by atoms with E-state index in [4.69, 9.17) is 0 Å². The minimum atomic E-state index is -3.51. The van der Waals surface area contributed by atoms with E-state index in [9.17, 15) is 12.8 Å². The van der Waals surface area contributed by atoms with Crippen LogP contribution in [0.25, 0.3) is 0 Å². The van der Waals surface area contributed by atoms with Crippen LogP contribution < -0.4 is 9.21 Å². The highest BCUT2D eigenvalue weighted by Crippen LogP contribution is 2.41. The average Bonchev–Trinajstić information content (AvgIpc) is 3.40. The van der Waals surface area contributed by atoms with E-state index in [0.29, 0.717) is 24.7 Å². The van der Waals surface area contributed by atoms with Crippen molar-refractivity contribution in [3.05, 3.63) is 59.9 Å². The molecule has 0 aromatic heterocycles. The van der Waals surface area contributed by atoms with E-state index in [1.54, 1.807) is 0 Å². The SMILES string of the molecule is O=S(=O)(Cc1ccc(F)cc1)N1CCN(C2CC2)c2ccccc21. The number of hydrogen-bond donors (Lipinski definition) is 0. The van der Waals surface area contributed by atoms with Crippen molar-refractivity contribution < 1.29 is 12.8 Å². The Morgan fingerprint density at radius 1 is 0.958 bits per heavy atom. The molecule has 4 rings (SSSR count). The van der Waals surface area contributed by atoms with E-state index in [1.165, 1.54) is 41.4 Å². The molecule has 0 bridgehead atoms. The fourth-order valence-electron chi connectivity index (χ4n) is 3.28. The van der Waals surface area contributed by atoms with Crippen LogP contribution in [0.2, 0.25) is 0 Å². The van der Waals surface area contributed by atoms with Gasteiger partial charge in [0.2, 0.25) is 10.0 Å². The maximum atomic E-state index is 13.0. The summed E-state index contributed by atoms with van der Waals surface area (Å²) in [6, 6.07) is 13.9. The van der Waals surface area contributed by atoms with Crippen molar-refractivity contribution in [2.24, 2.45) is 0 Å². The van der Waals surface area contributed by atoms with Crippen molar-refractivity contribution in [2.45, 2.75) is 24.6 Å². The predicted octanol–water partition coefficient (Wildman–Crippen LogP) is 3.14. The highest BCUT2D eigenvalue weighted by Gasteiger charge is 2.36. The normalized spacial score (nSPS) is 17.7. The molecule has 2 aliphatic rings. The summed E-state index contributed by atoms with van der Waals surface area (Å²) in [5, 5.41) is 0. The summed E-state index contributed by atoms with van der Waals surface area (Å²) < 4.78 is 40.4. The van der Waals surface area contributed by atoms with Crippen LogP contribution in [0.4, 0.5) is 15.8 Å². The lowest BCUT2D eigenvalue weighted by Gasteiger charge is -2.38. The molecule has 6 heteroatoms. The van der Waals surface area contributed by atoms with Gasteiger partial charge < -0.3 is 4.90 Å². The lowest BCUT2D eigenvalue weighted by Crippen LogP contribution is -2.45. The molecular weight excluding hydrogens is 327 g/mol. The highest BCUT2D eigenvalue weighted by molar-refractivity contribution is 7.92. The molecule has 0 spiro atoms. The van der Waals surface area contributed by atoms with Gasteiger partial charge in [-0.1, -0.05) is 24.3 Å². The van der Waals surface area contributed by atoms with E-state index in [1.807, 2.05) is 24.3 Å². The number of rotatable bonds is 4. The summed E-state index contributed by atoms with van der Waals surface area (Å²) in [6.07, 6.45) is 2.35. The van der Waals surface area contributed by atoms with Crippen LogP contribution in [0.15, 0.2) is 48.5 Å². The van der Waals surface area contributed by atoms with E-state index in [2.05, 4.69) is 4.90 Å². The predicted molar refractivity (Wildman–Crippen MR) is 93.2 cm³/mol. The second kappa shape index (κ2) is 5.77. The Morgan fingerprint density at radius 2 is 1.62 bits per heavy atom. The van der Waals surface area contributed by atoms with Gasteiger partial charge in [-0.05, 0) is 42.7 Å². The molecule has 0 amide bonds. The molecule has 1 saturated carbocycles. The fraction of sp³-hybridized carbons (Fsp3) is 0.333. The zero-order valence-corrected chi connectivity index (χ0v) is 14.0. The third-order valence-electron chi connectivity index (χ3n) is 4.59. The number of hydrogen-bond acceptors (Lipinski definition) is 3. The van der Waals surface area contributed by atoms with Gasteiger partial charge in [-0.15, -0.1) is 0 Å². The van der Waals surface area contributed by atoms with Crippen LogP contribution in [-0.2, 0) is 15.8 Å². The Morgan fingerprint density at radius 3 is 2.29 bits per heavy atom. The number of para-hydroxylation sites is 2. The van der Waals surface area contributed by atoms with Gasteiger partial charge >= 0.3 is 0 Å². The van der Waals surface area contributed by atoms with E-state index >= 15 is 0 Å². The first-order valence-corrected chi connectivity index (χ1v) is 9.76. The van der Waals surface area contributed by atoms with Gasteiger partial charge in [-0.3, -0.25) is 4.31 Å². The number of benzene rings is 2. The lowest BCUT2D eigenvalue weighted by atomic mass is 10.2. The highest BCUT2D eigenvalue weighted by atomic mass is 32.2. The van der Waals surface area contributed by atoms with Gasteiger partial charge in [-0.25, -0.2) is 12.8 Å². The number of halogens is 1. The zero-order valence-electron chi connectivity index (χ0n) is 13.2. The van der Waals surface area contributed by atoms with Gasteiger partial charge in [-0.2, -0.15) is 0 Å². The first-order chi connectivity index (χ1) is 11.5. The van der Waals surface area contributed by atoms with Gasteiger partial charge in [0, 0.05) is 12.6 Å². The third kappa shape index (κ3) is 2.86. The topological polar surface area (TPSA) is 40.6 Å². The summed E-state index contributed by atoms with van der Waals surface area (Å²) in [5.74, 6) is -0.482. The van der Waals surface area contributed by atoms with Crippen LogP contribution >= 0.6 is 0 Å². The quantitative estimate of drug-likeness (QED) is 0.854. The maximum absolute atomic E-state index is 13.0. The molecule has 4 nitrogen and oxygen atoms in total. The van der Waals surface area contributed by atoms with E-state index < -0.39 is 10.0 Å². The summed E-state index contributed by atoms with van der Waals surface area (Å²) >= 11 is 0. The molecule has 126 valence electrons. The van der Waals surface area contributed by atoms with Crippen LogP contribution in [0, 0.1) is 5.82 Å². The second-order valence-corrected chi connectivity index (χ2v) is 8.26. The number of sulfonamides is 1. The average molecular weight is 346 g/mol. The Balaban J connectivity index is 1.65. The number of anilines is 2. The maximum Gasteiger partial charge on any atom is 0.239 e. The van der Waals surface area contributed by atoms with Crippen LogP contribution in [0.1, 0.15) is 18.4 Å². The number of fused-ring (bicyclic) bond motifs is 1. The fourth-order valence-corrected chi connectivity index (χ4v) is 4.86. The van der Waals surface area contributed by atoms with Crippen molar-refractivity contribution in [3.63, 3.8) is 0 Å². The Kier molecular flexibility index (Phi) is 3.72. The lowest BCUT2D eigenvalue weighted by molar-refractivity contribution is 0.586. The van der Waals surface area contributed by atoms with Crippen LogP contribution in [0.5, 0.6) is 0 Å². The smallest absolute Gasteiger partial charge is 0.239 e. The van der Waals surface area contributed by atoms with Gasteiger partial charge in [0.1, 0.15) is 5.82 Å². The van der Waals surface area contributed by atoms with Crippen molar-refractivity contribution in [2.75, 3.05) is 22.3 Å². The first-order valence-electron chi connectivity index (χ1n) is 8.15. The largest absolute Gasteiger partial charge is 0.365 e. The Hall–Kier alpha value is -2.08. The molecule has 0 unspecified atom stereocenters. The molecule has 1 heterocycles. The summed E-state index contributed by atoms with van der Waals surface area (Å²) in [5.41, 5.74) is 2.34. The van der Waals surface area contributed by atoms with E-state index in [0.717, 1.165) is 11.4 Å². The van der Waals surface area contributed by atoms with E-state index in [-0.39, 0.29) is 11.6 Å². The van der Waals surface area contributed by atoms with Gasteiger partial charge in [0.25, 0.3) is 0 Å². The second-order valence-electron chi connectivity index (χ2n) is 6.37. The molecule has 0 saturated heterocycles. The molecule has 1 fully saturated rings. The van der Waals surface area contributed by atoms with Crippen molar-refractivity contribution in [1.29, 1.82) is 0 Å². The molecule has 1 aliphatic carbocycles. The summed E-state index contributed by atoms with van der Waals surface area (Å²) in [4.78, 5) is 2.32. The monoisotopic (exact) mass is 346 g/mol. The Bertz CT molecular complexity index is 848. The minimum absolute atomic E-state index is 0.120. The number of nitrogens with zero attached hydrogens (tertiary/aromatic N) is 2. The first kappa shape index (κ1) is 15.4. The molecule has 2 aromatic rings. The standard InChI is InChI=1S/C18H19FN2O2S/c19-15-7-5-14(6-8-15)13-24(22,23)21-12-11-20(16-9-10-16)17-3-1-2-4-18(17)21/h1-8,16H,9-13H2. The molecule has 0 atom stereocenters. The Labute approximate surface area is 141 Å². The molecule has 0 radical (unpaired) electrons. The molecule has 1 aliphatic heterocycles. The summed E-state index contributed by atoms with van der Waals surface area (Å²) in [6.45, 7) is 1.17. The molecule has 0 N–H and O–H groups in total. The van der Waals surface area contributed by atoms with Crippen LogP contribution in [0.3, 0.4) is 0 Å². The molecule has 24 heavy (non-hydrogen) atoms. The van der Waals surface area contributed by atoms with Crippen molar-refractivity contribution in [3.8, 4) is 0 Å². The van der Waals surface area contributed by atoms with Crippen molar-refractivity contribution in [1.82, 2.24) is 0 Å². The van der Waals surface area contributed by atoms with Gasteiger partial charge in [0.15, 0.2) is 0 Å². The third-order valence-corrected chi connectivity index (χ3v) is 6.34. The molecule has 2 aromatic carbocycles. The summed E-state index contributed by atoms with van der Waals surface area (Å²) in [7, 11) is -3.51. The van der Waals surface area contributed by atoms with Crippen LogP contribution in [-0.4, -0.2) is 27.5 Å². The minimum Gasteiger partial charge on any atom is -0.365 e. The zero-order chi connectivity index (χ0) is 16.7. The van der Waals surface area contributed by atoms with Gasteiger partial charge in [0.05, 0.1) is 23.7 Å². The molecular formula is C18H19FN2O2S. The van der Waals surface area contributed by atoms with Crippen molar-refractivity contribution >= 4 is 21.4 Å².